The first kappa shape index (κ1) is 20.6. The summed E-state index contributed by atoms with van der Waals surface area (Å²) in [5.41, 5.74) is 3.52. The summed E-state index contributed by atoms with van der Waals surface area (Å²) < 4.78 is 6.27. The van der Waals surface area contributed by atoms with E-state index in [1.807, 2.05) is 43.3 Å². The number of hydrogen-bond donors (Lipinski definition) is 3. The fraction of sp³-hybridized carbons (Fsp3) is 0.0870. The highest BCUT2D eigenvalue weighted by Gasteiger charge is 2.19. The van der Waals surface area contributed by atoms with E-state index in [1.165, 1.54) is 19.5 Å². The topological polar surface area (TPSA) is 96.3 Å². The third kappa shape index (κ3) is 4.15. The van der Waals surface area contributed by atoms with Crippen LogP contribution in [-0.4, -0.2) is 23.8 Å². The van der Waals surface area contributed by atoms with Gasteiger partial charge in [0.25, 0.3) is 11.8 Å². The number of carbonyl (C=O) groups excluding carboxylic acids is 2. The van der Waals surface area contributed by atoms with Crippen LogP contribution in [0.5, 0.6) is 0 Å². The monoisotopic (exact) mass is 478 g/mol. The molecular weight excluding hydrogens is 460 g/mol. The third-order valence-electron chi connectivity index (χ3n) is 4.82. The van der Waals surface area contributed by atoms with E-state index < -0.39 is 0 Å². The summed E-state index contributed by atoms with van der Waals surface area (Å²) in [6.07, 6.45) is 2.87. The van der Waals surface area contributed by atoms with Gasteiger partial charge in [0, 0.05) is 28.8 Å². The number of aryl methyl sites for hydroxylation is 1. The number of fused-ring (bicyclic) bond motifs is 1. The van der Waals surface area contributed by atoms with E-state index in [-0.39, 0.29) is 11.8 Å². The lowest BCUT2D eigenvalue weighted by atomic mass is 10.1. The van der Waals surface area contributed by atoms with E-state index in [2.05, 4.69) is 36.9 Å². The number of aromatic nitrogens is 1. The van der Waals surface area contributed by atoms with E-state index in [0.717, 1.165) is 15.7 Å². The van der Waals surface area contributed by atoms with Crippen molar-refractivity contribution >= 4 is 55.9 Å². The van der Waals surface area contributed by atoms with Crippen LogP contribution < -0.4 is 16.0 Å². The number of amides is 2. The predicted octanol–water partition coefficient (Wildman–Crippen LogP) is 5.25. The Morgan fingerprint density at radius 1 is 1.03 bits per heavy atom. The summed E-state index contributed by atoms with van der Waals surface area (Å²) in [7, 11) is 1.54. The Hall–Kier alpha value is -3.65. The number of nitrogens with one attached hydrogen (secondary N) is 3. The number of para-hydroxylation sites is 1. The summed E-state index contributed by atoms with van der Waals surface area (Å²) in [6.45, 7) is 1.97. The normalized spacial score (nSPS) is 10.7. The Kier molecular flexibility index (Phi) is 5.73. The molecule has 4 rings (SSSR count). The van der Waals surface area contributed by atoms with Crippen molar-refractivity contribution in [3.05, 3.63) is 82.2 Å². The molecular formula is C23H19BrN4O3. The van der Waals surface area contributed by atoms with Gasteiger partial charge in [0.05, 0.1) is 16.8 Å². The summed E-state index contributed by atoms with van der Waals surface area (Å²) in [5, 5.41) is 9.34. The molecule has 2 aromatic carbocycles. The highest BCUT2D eigenvalue weighted by molar-refractivity contribution is 9.10. The quantitative estimate of drug-likeness (QED) is 0.363. The van der Waals surface area contributed by atoms with Crippen molar-refractivity contribution in [1.29, 1.82) is 0 Å². The minimum atomic E-state index is -0.380. The molecule has 156 valence electrons. The van der Waals surface area contributed by atoms with Crippen LogP contribution in [0.15, 0.2) is 69.9 Å². The van der Waals surface area contributed by atoms with Gasteiger partial charge in [-0.1, -0.05) is 40.2 Å². The van der Waals surface area contributed by atoms with Gasteiger partial charge in [-0.15, -0.1) is 0 Å². The zero-order valence-corrected chi connectivity index (χ0v) is 18.4. The summed E-state index contributed by atoms with van der Waals surface area (Å²) in [6, 6.07) is 14.8. The van der Waals surface area contributed by atoms with Crippen molar-refractivity contribution in [2.24, 2.45) is 0 Å². The fourth-order valence-corrected chi connectivity index (χ4v) is 3.73. The maximum absolute atomic E-state index is 13.1. The third-order valence-corrected chi connectivity index (χ3v) is 5.48. The molecule has 2 aromatic heterocycles. The predicted molar refractivity (Wildman–Crippen MR) is 124 cm³/mol. The molecule has 0 radical (unpaired) electrons. The van der Waals surface area contributed by atoms with Crippen LogP contribution >= 0.6 is 15.9 Å². The number of halogens is 1. The van der Waals surface area contributed by atoms with Gasteiger partial charge >= 0.3 is 0 Å². The van der Waals surface area contributed by atoms with Crippen LogP contribution in [0.4, 0.5) is 17.2 Å². The first-order chi connectivity index (χ1) is 15.0. The molecule has 0 atom stereocenters. The lowest BCUT2D eigenvalue weighted by Gasteiger charge is -2.14. The molecule has 3 N–H and O–H groups in total. The van der Waals surface area contributed by atoms with Crippen LogP contribution in [0.25, 0.3) is 11.0 Å². The number of hydrogen-bond acceptors (Lipinski definition) is 5. The van der Waals surface area contributed by atoms with Gasteiger partial charge in [0.15, 0.2) is 5.82 Å². The Bertz CT molecular complexity index is 1300. The van der Waals surface area contributed by atoms with Crippen LogP contribution in [0.3, 0.4) is 0 Å². The molecule has 0 unspecified atom stereocenters. The molecule has 2 heterocycles. The van der Waals surface area contributed by atoms with Gasteiger partial charge < -0.3 is 20.4 Å². The molecule has 0 fully saturated rings. The molecule has 8 heteroatoms. The SMILES string of the molecule is CNC(=O)c1cnc(Nc2ccccc2C)c(NC(=O)c2coc3cccc(Br)c23)c1. The van der Waals surface area contributed by atoms with E-state index in [1.54, 1.807) is 12.1 Å². The van der Waals surface area contributed by atoms with Gasteiger partial charge in [-0.2, -0.15) is 0 Å². The first-order valence-electron chi connectivity index (χ1n) is 9.49. The summed E-state index contributed by atoms with van der Waals surface area (Å²) in [4.78, 5) is 29.6. The molecule has 31 heavy (non-hydrogen) atoms. The van der Waals surface area contributed by atoms with Crippen molar-refractivity contribution in [3.8, 4) is 0 Å². The Balaban J connectivity index is 1.73. The zero-order chi connectivity index (χ0) is 22.0. The van der Waals surface area contributed by atoms with Crippen molar-refractivity contribution in [3.63, 3.8) is 0 Å². The number of carbonyl (C=O) groups is 2. The first-order valence-corrected chi connectivity index (χ1v) is 10.3. The fourth-order valence-electron chi connectivity index (χ4n) is 3.17. The van der Waals surface area contributed by atoms with Crippen LogP contribution in [0, 0.1) is 6.92 Å². The molecule has 0 saturated heterocycles. The molecule has 0 bridgehead atoms. The van der Waals surface area contributed by atoms with E-state index >= 15 is 0 Å². The average molecular weight is 479 g/mol. The molecule has 4 aromatic rings. The van der Waals surface area contributed by atoms with Gasteiger partial charge in [-0.25, -0.2) is 4.98 Å². The molecule has 0 aliphatic carbocycles. The van der Waals surface area contributed by atoms with Gasteiger partial charge in [-0.3, -0.25) is 9.59 Å². The lowest BCUT2D eigenvalue weighted by molar-refractivity contribution is 0.0961. The summed E-state index contributed by atoms with van der Waals surface area (Å²) >= 11 is 3.47. The number of rotatable bonds is 5. The number of anilines is 3. The van der Waals surface area contributed by atoms with Gasteiger partial charge in [0.1, 0.15) is 11.8 Å². The molecule has 0 aliphatic heterocycles. The van der Waals surface area contributed by atoms with Crippen molar-refractivity contribution < 1.29 is 14.0 Å². The highest BCUT2D eigenvalue weighted by atomic mass is 79.9. The molecule has 0 aliphatic rings. The number of nitrogens with zero attached hydrogens (tertiary/aromatic N) is 1. The number of furan rings is 1. The van der Waals surface area contributed by atoms with Gasteiger partial charge in [0.2, 0.25) is 0 Å². The van der Waals surface area contributed by atoms with Crippen molar-refractivity contribution in [2.75, 3.05) is 17.7 Å². The number of pyridine rings is 1. The minimum absolute atomic E-state index is 0.304. The minimum Gasteiger partial charge on any atom is -0.463 e. The zero-order valence-electron chi connectivity index (χ0n) is 16.8. The lowest BCUT2D eigenvalue weighted by Crippen LogP contribution is -2.19. The van der Waals surface area contributed by atoms with E-state index in [0.29, 0.717) is 33.6 Å². The smallest absolute Gasteiger partial charge is 0.259 e. The molecule has 2 amide bonds. The molecule has 0 spiro atoms. The maximum Gasteiger partial charge on any atom is 0.259 e. The van der Waals surface area contributed by atoms with Crippen molar-refractivity contribution in [2.45, 2.75) is 6.92 Å². The van der Waals surface area contributed by atoms with E-state index in [4.69, 9.17) is 4.42 Å². The molecule has 0 saturated carbocycles. The van der Waals surface area contributed by atoms with Crippen molar-refractivity contribution in [1.82, 2.24) is 10.3 Å². The largest absolute Gasteiger partial charge is 0.463 e. The average Bonchev–Trinajstić information content (AvgIpc) is 3.21. The number of benzene rings is 2. The van der Waals surface area contributed by atoms with E-state index in [9.17, 15) is 9.59 Å². The second-order valence-corrected chi connectivity index (χ2v) is 7.71. The van der Waals surface area contributed by atoms with Crippen LogP contribution in [0.2, 0.25) is 0 Å². The van der Waals surface area contributed by atoms with Crippen LogP contribution in [0.1, 0.15) is 26.3 Å². The molecule has 7 nitrogen and oxygen atoms in total. The maximum atomic E-state index is 13.1. The Labute approximate surface area is 187 Å². The second kappa shape index (κ2) is 8.61. The Morgan fingerprint density at radius 3 is 2.61 bits per heavy atom. The van der Waals surface area contributed by atoms with Crippen LogP contribution in [-0.2, 0) is 0 Å². The second-order valence-electron chi connectivity index (χ2n) is 6.86. The van der Waals surface area contributed by atoms with Gasteiger partial charge in [-0.05, 0) is 36.8 Å². The Morgan fingerprint density at radius 2 is 1.84 bits per heavy atom. The summed E-state index contributed by atoms with van der Waals surface area (Å²) in [5.74, 6) is -0.265. The highest BCUT2D eigenvalue weighted by Crippen LogP contribution is 2.31. The standard InChI is InChI=1S/C23H19BrN4O3/c1-13-6-3-4-8-17(13)27-21-18(10-14(11-26-21)22(29)25-2)28-23(30)15-12-31-19-9-5-7-16(24)20(15)19/h3-12H,1-2H3,(H,25,29)(H,26,27)(H,28,30).